The van der Waals surface area contributed by atoms with Crippen molar-refractivity contribution in [3.8, 4) is 0 Å². The maximum atomic E-state index is 5.72. The number of rotatable bonds is 2. The highest BCUT2D eigenvalue weighted by Gasteiger charge is 2.21. The lowest BCUT2D eigenvalue weighted by atomic mass is 10.1. The van der Waals surface area contributed by atoms with Crippen molar-refractivity contribution in [1.82, 2.24) is 10.3 Å². The van der Waals surface area contributed by atoms with Gasteiger partial charge in [0.1, 0.15) is 0 Å². The Hall–Kier alpha value is -1.13. The molecule has 1 heterocycles. The van der Waals surface area contributed by atoms with E-state index in [0.717, 1.165) is 24.9 Å². The highest BCUT2D eigenvalue weighted by molar-refractivity contribution is 7.22. The Balaban J connectivity index is 2.00. The minimum Gasteiger partial charge on any atom is -0.375 e. The molecule has 1 aromatic carbocycles. The molecule has 3 nitrogen and oxygen atoms in total. The third-order valence-electron chi connectivity index (χ3n) is 3.15. The standard InChI is InChI=1S/C12H15N3S/c1-2-14-9-3-7-5-10-11(6-8(7)4-9)16-12(13)15-10/h5-6,9,14H,2-4H2,1H3,(H2,13,15). The summed E-state index contributed by atoms with van der Waals surface area (Å²) in [4.78, 5) is 4.34. The van der Waals surface area contributed by atoms with Gasteiger partial charge in [0.15, 0.2) is 5.13 Å². The normalized spacial score (nSPS) is 19.2. The summed E-state index contributed by atoms with van der Waals surface area (Å²) in [5.74, 6) is 0. The van der Waals surface area contributed by atoms with Gasteiger partial charge in [0.25, 0.3) is 0 Å². The zero-order valence-corrected chi connectivity index (χ0v) is 10.1. The van der Waals surface area contributed by atoms with Crippen molar-refractivity contribution in [1.29, 1.82) is 0 Å². The predicted molar refractivity (Wildman–Crippen MR) is 68.9 cm³/mol. The van der Waals surface area contributed by atoms with E-state index in [0.29, 0.717) is 11.2 Å². The second-order valence-corrected chi connectivity index (χ2v) is 5.37. The Labute approximate surface area is 98.7 Å². The molecule has 16 heavy (non-hydrogen) atoms. The minimum absolute atomic E-state index is 0.605. The number of anilines is 1. The van der Waals surface area contributed by atoms with E-state index in [4.69, 9.17) is 5.73 Å². The van der Waals surface area contributed by atoms with Gasteiger partial charge in [0, 0.05) is 6.04 Å². The van der Waals surface area contributed by atoms with Crippen LogP contribution in [0.5, 0.6) is 0 Å². The lowest BCUT2D eigenvalue weighted by Gasteiger charge is -2.08. The SMILES string of the molecule is CCNC1Cc2cc3nc(N)sc3cc2C1. The molecule has 0 bridgehead atoms. The fraction of sp³-hybridized carbons (Fsp3) is 0.417. The van der Waals surface area contributed by atoms with Gasteiger partial charge in [-0.15, -0.1) is 0 Å². The molecule has 1 aliphatic rings. The molecule has 1 aromatic heterocycles. The number of nitrogens with two attached hydrogens (primary N) is 1. The molecule has 1 atom stereocenters. The molecule has 0 saturated carbocycles. The van der Waals surface area contributed by atoms with Crippen LogP contribution in [0.4, 0.5) is 5.13 Å². The first kappa shape index (κ1) is 10.1. The molecule has 3 N–H and O–H groups in total. The van der Waals surface area contributed by atoms with E-state index in [-0.39, 0.29) is 0 Å². The van der Waals surface area contributed by atoms with Crippen LogP contribution in [0.15, 0.2) is 12.1 Å². The maximum absolute atomic E-state index is 5.72. The molecule has 1 unspecified atom stereocenters. The Morgan fingerprint density at radius 1 is 1.44 bits per heavy atom. The van der Waals surface area contributed by atoms with E-state index in [2.05, 4.69) is 29.4 Å². The maximum Gasteiger partial charge on any atom is 0.181 e. The van der Waals surface area contributed by atoms with Gasteiger partial charge < -0.3 is 11.1 Å². The summed E-state index contributed by atoms with van der Waals surface area (Å²) in [6, 6.07) is 5.07. The fourth-order valence-electron chi connectivity index (χ4n) is 2.49. The van der Waals surface area contributed by atoms with Gasteiger partial charge in [0.05, 0.1) is 10.2 Å². The molecule has 1 aliphatic carbocycles. The van der Waals surface area contributed by atoms with Gasteiger partial charge in [-0.3, -0.25) is 0 Å². The smallest absolute Gasteiger partial charge is 0.181 e. The van der Waals surface area contributed by atoms with Crippen LogP contribution < -0.4 is 11.1 Å². The van der Waals surface area contributed by atoms with Gasteiger partial charge in [-0.25, -0.2) is 4.98 Å². The van der Waals surface area contributed by atoms with Gasteiger partial charge >= 0.3 is 0 Å². The highest BCUT2D eigenvalue weighted by Crippen LogP contribution is 2.31. The lowest BCUT2D eigenvalue weighted by molar-refractivity contribution is 0.552. The van der Waals surface area contributed by atoms with Crippen LogP contribution in [0.1, 0.15) is 18.1 Å². The number of benzene rings is 1. The number of hydrogen-bond acceptors (Lipinski definition) is 4. The molecule has 4 heteroatoms. The van der Waals surface area contributed by atoms with E-state index in [1.165, 1.54) is 15.8 Å². The van der Waals surface area contributed by atoms with Crippen LogP contribution in [0, 0.1) is 0 Å². The van der Waals surface area contributed by atoms with E-state index < -0.39 is 0 Å². The van der Waals surface area contributed by atoms with E-state index in [1.54, 1.807) is 11.3 Å². The molecule has 84 valence electrons. The number of nitrogens with one attached hydrogen (secondary N) is 1. The first-order valence-electron chi connectivity index (χ1n) is 5.67. The van der Waals surface area contributed by atoms with Crippen molar-refractivity contribution in [3.63, 3.8) is 0 Å². The quantitative estimate of drug-likeness (QED) is 0.833. The number of aromatic nitrogens is 1. The van der Waals surface area contributed by atoms with Crippen molar-refractivity contribution in [2.45, 2.75) is 25.8 Å². The first-order chi connectivity index (χ1) is 7.76. The van der Waals surface area contributed by atoms with E-state index >= 15 is 0 Å². The summed E-state index contributed by atoms with van der Waals surface area (Å²) in [6.07, 6.45) is 2.26. The van der Waals surface area contributed by atoms with Gasteiger partial charge in [0.2, 0.25) is 0 Å². The molecule has 0 radical (unpaired) electrons. The van der Waals surface area contributed by atoms with E-state index in [1.807, 2.05) is 0 Å². The number of likely N-dealkylation sites (N-methyl/N-ethyl adjacent to an activating group) is 1. The number of nitrogen functional groups attached to an aromatic ring is 1. The number of nitrogens with zero attached hydrogens (tertiary/aromatic N) is 1. The monoisotopic (exact) mass is 233 g/mol. The Kier molecular flexibility index (Phi) is 2.33. The molecule has 3 rings (SSSR count). The zero-order chi connectivity index (χ0) is 11.1. The Morgan fingerprint density at radius 3 is 2.94 bits per heavy atom. The van der Waals surface area contributed by atoms with E-state index in [9.17, 15) is 0 Å². The summed E-state index contributed by atoms with van der Waals surface area (Å²) in [5, 5.41) is 4.18. The van der Waals surface area contributed by atoms with Crippen molar-refractivity contribution < 1.29 is 0 Å². The number of thiazole rings is 1. The molecule has 0 spiro atoms. The van der Waals surface area contributed by atoms with Crippen LogP contribution in [-0.4, -0.2) is 17.6 Å². The lowest BCUT2D eigenvalue weighted by Crippen LogP contribution is -2.28. The molecule has 0 saturated heterocycles. The fourth-order valence-corrected chi connectivity index (χ4v) is 3.27. The minimum atomic E-state index is 0.605. The average molecular weight is 233 g/mol. The third kappa shape index (κ3) is 1.58. The zero-order valence-electron chi connectivity index (χ0n) is 9.29. The van der Waals surface area contributed by atoms with Crippen molar-refractivity contribution in [2.75, 3.05) is 12.3 Å². The summed E-state index contributed by atoms with van der Waals surface area (Å²) < 4.78 is 1.22. The summed E-state index contributed by atoms with van der Waals surface area (Å²) in [6.45, 7) is 3.20. The third-order valence-corrected chi connectivity index (χ3v) is 4.00. The average Bonchev–Trinajstić information content (AvgIpc) is 2.75. The molecular formula is C12H15N3S. The van der Waals surface area contributed by atoms with Crippen LogP contribution >= 0.6 is 11.3 Å². The highest BCUT2D eigenvalue weighted by atomic mass is 32.1. The summed E-state index contributed by atoms with van der Waals surface area (Å²) >= 11 is 1.58. The van der Waals surface area contributed by atoms with Gasteiger partial charge in [-0.1, -0.05) is 18.3 Å². The topological polar surface area (TPSA) is 50.9 Å². The summed E-state index contributed by atoms with van der Waals surface area (Å²) in [7, 11) is 0. The first-order valence-corrected chi connectivity index (χ1v) is 6.49. The molecular weight excluding hydrogens is 218 g/mol. The van der Waals surface area contributed by atoms with Gasteiger partial charge in [-0.05, 0) is 42.6 Å². The molecule has 0 amide bonds. The number of hydrogen-bond donors (Lipinski definition) is 2. The Bertz CT molecular complexity index is 489. The molecule has 2 aromatic rings. The Morgan fingerprint density at radius 2 is 2.19 bits per heavy atom. The van der Waals surface area contributed by atoms with Crippen LogP contribution in [0.25, 0.3) is 10.2 Å². The van der Waals surface area contributed by atoms with Gasteiger partial charge in [-0.2, -0.15) is 0 Å². The van der Waals surface area contributed by atoms with Crippen molar-refractivity contribution in [3.05, 3.63) is 23.3 Å². The van der Waals surface area contributed by atoms with Crippen LogP contribution in [-0.2, 0) is 12.8 Å². The van der Waals surface area contributed by atoms with Crippen molar-refractivity contribution >= 4 is 26.7 Å². The second kappa shape index (κ2) is 3.71. The largest absolute Gasteiger partial charge is 0.375 e. The molecule has 0 fully saturated rings. The molecule has 0 aliphatic heterocycles. The predicted octanol–water partition coefficient (Wildman–Crippen LogP) is 1.96. The van der Waals surface area contributed by atoms with Crippen LogP contribution in [0.2, 0.25) is 0 Å². The number of fused-ring (bicyclic) bond motifs is 2. The van der Waals surface area contributed by atoms with Crippen LogP contribution in [0.3, 0.4) is 0 Å². The van der Waals surface area contributed by atoms with Crippen molar-refractivity contribution in [2.24, 2.45) is 0 Å². The second-order valence-electron chi connectivity index (χ2n) is 4.30. The summed E-state index contributed by atoms with van der Waals surface area (Å²) in [5.41, 5.74) is 9.67.